The summed E-state index contributed by atoms with van der Waals surface area (Å²) < 4.78 is 0. The van der Waals surface area contributed by atoms with Crippen LogP contribution in [0.25, 0.3) is 0 Å². The number of hydrogen-bond acceptors (Lipinski definition) is 0. The fourth-order valence-electron chi connectivity index (χ4n) is 0. The summed E-state index contributed by atoms with van der Waals surface area (Å²) in [6.45, 7) is 0. The van der Waals surface area contributed by atoms with Crippen LogP contribution in [-0.4, -0.2) is 99.0 Å². The van der Waals surface area contributed by atoms with Crippen LogP contribution in [0.15, 0.2) is 0 Å². The molecule has 11 heavy (non-hydrogen) atoms. The fourth-order valence-corrected chi connectivity index (χ4v) is 0. The van der Waals surface area contributed by atoms with Crippen molar-refractivity contribution in [3.05, 3.63) is 0 Å². The van der Waals surface area contributed by atoms with Crippen LogP contribution < -0.4 is 0 Å². The Morgan fingerprint density at radius 2 is 0.182 bits per heavy atom. The maximum Gasteiger partial charge on any atom is 0 e. The molecule has 11 heteroatoms. The van der Waals surface area contributed by atoms with Crippen LogP contribution in [0.5, 0.6) is 0 Å². The Labute approximate surface area is 205 Å². The van der Waals surface area contributed by atoms with Crippen molar-refractivity contribution in [1.82, 2.24) is 0 Å². The first-order valence-electron chi connectivity index (χ1n) is 0. The quantitative estimate of drug-likeness (QED) is 0.226. The minimum absolute atomic E-state index is 0. The maximum absolute atomic E-state index is 0. The van der Waals surface area contributed by atoms with Crippen molar-refractivity contribution < 1.29 is 111 Å². The zero-order valence-electron chi connectivity index (χ0n) is 2.68. The largest absolute Gasteiger partial charge is 0 e. The van der Waals surface area contributed by atoms with Gasteiger partial charge in [-0.15, -0.1) is 0 Å². The molecule has 6 radical (unpaired) electrons. The summed E-state index contributed by atoms with van der Waals surface area (Å²) in [5.74, 6) is 0. The second kappa shape index (κ2) is 91.8. The summed E-state index contributed by atoms with van der Waals surface area (Å²) in [6.07, 6.45) is 0. The van der Waals surface area contributed by atoms with Gasteiger partial charge in [0.1, 0.15) is 0 Å². The van der Waals surface area contributed by atoms with Crippen LogP contribution in [0.2, 0.25) is 0 Å². The topological polar surface area (TPSA) is 0 Å². The molecule has 0 aromatic rings. The van der Waals surface area contributed by atoms with Gasteiger partial charge in [0, 0.05) is 111 Å². The van der Waals surface area contributed by atoms with E-state index < -0.39 is 0 Å². The molecule has 0 saturated heterocycles. The van der Waals surface area contributed by atoms with E-state index >= 15 is 0 Å². The van der Waals surface area contributed by atoms with Gasteiger partial charge in [0.2, 0.25) is 0 Å². The molecule has 0 N–H and O–H groups in total. The third kappa shape index (κ3) is 80.5. The zero-order valence-corrected chi connectivity index (χ0v) is 11.1. The molecule has 0 nitrogen and oxygen atoms in total. The van der Waals surface area contributed by atoms with Gasteiger partial charge in [-0.1, -0.05) is 0 Å². The van der Waals surface area contributed by atoms with E-state index in [0.717, 1.165) is 0 Å². The van der Waals surface area contributed by atoms with Crippen molar-refractivity contribution in [3.63, 3.8) is 0 Å². The van der Waals surface area contributed by atoms with Crippen LogP contribution >= 0.6 is 0 Å². The molecule has 0 rings (SSSR count). The SMILES string of the molecule is [GaH3].[GaH3].[GaH3].[GaH3].[GaH3].[V].[V].[V].[V].[V].[V]. The van der Waals surface area contributed by atoms with Crippen molar-refractivity contribution >= 4 is 99.0 Å². The molecule has 0 aromatic heterocycles. The molecule has 0 saturated carbocycles. The Morgan fingerprint density at radius 3 is 0.182 bits per heavy atom. The van der Waals surface area contributed by atoms with Gasteiger partial charge in [0.05, 0.1) is 0 Å². The van der Waals surface area contributed by atoms with E-state index in [1.54, 1.807) is 0 Å². The van der Waals surface area contributed by atoms with Crippen LogP contribution in [0.1, 0.15) is 0 Å². The minimum atomic E-state index is 0. The first-order valence-corrected chi connectivity index (χ1v) is 0. The van der Waals surface area contributed by atoms with Gasteiger partial charge in [-0.3, -0.25) is 0 Å². The molecular weight excluding hydrogens is 654 g/mol. The minimum Gasteiger partial charge on any atom is 0 e. The van der Waals surface area contributed by atoms with Crippen LogP contribution in [0.4, 0.5) is 0 Å². The maximum atomic E-state index is 0. The molecule has 0 atom stereocenters. The predicted octanol–water partition coefficient (Wildman–Crippen LogP) is -5.93. The van der Waals surface area contributed by atoms with Gasteiger partial charge in [0.25, 0.3) is 0 Å². The summed E-state index contributed by atoms with van der Waals surface area (Å²) in [5.41, 5.74) is 0. The van der Waals surface area contributed by atoms with E-state index in [-0.39, 0.29) is 210 Å². The van der Waals surface area contributed by atoms with Crippen molar-refractivity contribution in [2.45, 2.75) is 0 Å². The second-order valence-electron chi connectivity index (χ2n) is 0. The number of rotatable bonds is 0. The summed E-state index contributed by atoms with van der Waals surface area (Å²) in [6, 6.07) is 0. The summed E-state index contributed by atoms with van der Waals surface area (Å²) >= 11 is 0. The predicted molar refractivity (Wildman–Crippen MR) is 49.7 cm³/mol. The van der Waals surface area contributed by atoms with E-state index in [0.29, 0.717) is 0 Å². The van der Waals surface area contributed by atoms with Crippen molar-refractivity contribution in [3.8, 4) is 0 Å². The van der Waals surface area contributed by atoms with Crippen LogP contribution in [0.3, 0.4) is 0 Å². The molecule has 0 unspecified atom stereocenters. The molecule has 0 fully saturated rings. The van der Waals surface area contributed by atoms with E-state index in [2.05, 4.69) is 0 Å². The Hall–Kier alpha value is 6.69. The van der Waals surface area contributed by atoms with Crippen molar-refractivity contribution in [2.24, 2.45) is 0 Å². The van der Waals surface area contributed by atoms with Crippen molar-refractivity contribution in [2.75, 3.05) is 0 Å². The van der Waals surface area contributed by atoms with E-state index in [4.69, 9.17) is 0 Å². The Bertz CT molecular complexity index is 10.9. The van der Waals surface area contributed by atoms with Gasteiger partial charge < -0.3 is 0 Å². The van der Waals surface area contributed by atoms with E-state index in [9.17, 15) is 0 Å². The van der Waals surface area contributed by atoms with Gasteiger partial charge >= 0.3 is 99.0 Å². The molecule has 0 spiro atoms. The van der Waals surface area contributed by atoms with Gasteiger partial charge in [-0.2, -0.15) is 0 Å². The molecule has 0 aliphatic heterocycles. The molecule has 60 valence electrons. The van der Waals surface area contributed by atoms with Crippen LogP contribution in [0, 0.1) is 0 Å². The average Bonchev–Trinajstić information content (AvgIpc) is 0. The Kier molecular flexibility index (Phi) is 919. The van der Waals surface area contributed by atoms with Gasteiger partial charge in [-0.25, -0.2) is 0 Å². The molecule has 0 aromatic carbocycles. The van der Waals surface area contributed by atoms with Crippen LogP contribution in [-0.2, 0) is 111 Å². The third-order valence-corrected chi connectivity index (χ3v) is 0. The molecule has 0 bridgehead atoms. The van der Waals surface area contributed by atoms with E-state index in [1.165, 1.54) is 0 Å². The fraction of sp³-hybridized carbons (Fsp3) is 0. The Morgan fingerprint density at radius 1 is 0.182 bits per heavy atom. The van der Waals surface area contributed by atoms with Gasteiger partial charge in [-0.05, 0) is 0 Å². The second-order valence-corrected chi connectivity index (χ2v) is 0. The normalized spacial score (nSPS) is 0. The number of hydrogen-bond donors (Lipinski definition) is 0. The first-order chi connectivity index (χ1) is 0. The monoisotopic (exact) mass is 665 g/mol. The molecule has 0 amide bonds. The molecule has 0 aliphatic rings. The summed E-state index contributed by atoms with van der Waals surface area (Å²) in [4.78, 5) is 0. The molecule has 0 aliphatic carbocycles. The third-order valence-electron chi connectivity index (χ3n) is 0. The summed E-state index contributed by atoms with van der Waals surface area (Å²) in [5, 5.41) is 0. The first kappa shape index (κ1) is 110. The zero-order chi connectivity index (χ0) is 0. The standard InChI is InChI=1S/5Ga.6V.15H. The average molecular weight is 669 g/mol. The molecule has 0 heterocycles. The van der Waals surface area contributed by atoms with Gasteiger partial charge in [0.15, 0.2) is 0 Å². The smallest absolute Gasteiger partial charge is 0 e. The molecular formula is H15Ga5V6. The Balaban J connectivity index is 0. The summed E-state index contributed by atoms with van der Waals surface area (Å²) in [7, 11) is 0. The van der Waals surface area contributed by atoms with Crippen molar-refractivity contribution in [1.29, 1.82) is 0 Å². The van der Waals surface area contributed by atoms with E-state index in [1.807, 2.05) is 0 Å².